The summed E-state index contributed by atoms with van der Waals surface area (Å²) in [6, 6.07) is 19.3. The van der Waals surface area contributed by atoms with Crippen LogP contribution in [0.5, 0.6) is 5.75 Å². The van der Waals surface area contributed by atoms with Crippen LogP contribution in [-0.4, -0.2) is 52.2 Å². The Morgan fingerprint density at radius 1 is 1.00 bits per heavy atom. The summed E-state index contributed by atoms with van der Waals surface area (Å²) in [5, 5.41) is 3.67. The molecule has 0 spiro atoms. The van der Waals surface area contributed by atoms with Crippen molar-refractivity contribution in [1.29, 1.82) is 0 Å². The fourth-order valence-electron chi connectivity index (χ4n) is 4.57. The highest BCUT2D eigenvalue weighted by molar-refractivity contribution is 5.74. The van der Waals surface area contributed by atoms with E-state index in [1.54, 1.807) is 13.3 Å². The average molecular weight is 460 g/mol. The van der Waals surface area contributed by atoms with Gasteiger partial charge in [0.05, 0.1) is 19.2 Å². The minimum atomic E-state index is -0.224. The van der Waals surface area contributed by atoms with Gasteiger partial charge in [0, 0.05) is 31.9 Å². The van der Waals surface area contributed by atoms with E-state index in [1.807, 2.05) is 36.4 Å². The molecule has 6 nitrogen and oxygen atoms in total. The number of hydrogen-bond acceptors (Lipinski definition) is 5. The molecule has 3 heterocycles. The number of imidazole rings is 1. The minimum Gasteiger partial charge on any atom is -0.497 e. The zero-order valence-corrected chi connectivity index (χ0v) is 19.5. The van der Waals surface area contributed by atoms with Crippen molar-refractivity contribution in [2.24, 2.45) is 0 Å². The maximum Gasteiger partial charge on any atom is 0.205 e. The zero-order valence-electron chi connectivity index (χ0n) is 19.5. The predicted octanol–water partition coefficient (Wildman–Crippen LogP) is 4.75. The van der Waals surface area contributed by atoms with E-state index >= 15 is 0 Å². The van der Waals surface area contributed by atoms with Crippen LogP contribution in [0.4, 0.5) is 10.3 Å². The van der Waals surface area contributed by atoms with Crippen molar-refractivity contribution in [3.05, 3.63) is 83.8 Å². The summed E-state index contributed by atoms with van der Waals surface area (Å²) in [4.78, 5) is 11.7. The third kappa shape index (κ3) is 5.20. The maximum atomic E-state index is 13.4. The fraction of sp³-hybridized carbons (Fsp3) is 0.333. The molecular formula is C27H30FN5O. The molecule has 1 aliphatic rings. The molecule has 2 aromatic carbocycles. The van der Waals surface area contributed by atoms with Gasteiger partial charge in [-0.15, -0.1) is 0 Å². The minimum absolute atomic E-state index is 0.224. The number of rotatable bonds is 8. The van der Waals surface area contributed by atoms with Gasteiger partial charge in [0.15, 0.2) is 5.65 Å². The number of ether oxygens (including phenoxy) is 1. The lowest BCUT2D eigenvalue weighted by atomic mass is 10.0. The van der Waals surface area contributed by atoms with Crippen LogP contribution >= 0.6 is 0 Å². The van der Waals surface area contributed by atoms with Gasteiger partial charge in [-0.3, -0.25) is 0 Å². The van der Waals surface area contributed by atoms with Crippen molar-refractivity contribution in [2.45, 2.75) is 31.8 Å². The van der Waals surface area contributed by atoms with Crippen molar-refractivity contribution >= 4 is 17.1 Å². The van der Waals surface area contributed by atoms with Crippen LogP contribution < -0.4 is 10.1 Å². The van der Waals surface area contributed by atoms with Gasteiger partial charge < -0.3 is 19.5 Å². The Morgan fingerprint density at radius 2 is 1.74 bits per heavy atom. The van der Waals surface area contributed by atoms with Crippen LogP contribution in [0.3, 0.4) is 0 Å². The number of benzene rings is 2. The molecule has 1 fully saturated rings. The maximum absolute atomic E-state index is 13.4. The van der Waals surface area contributed by atoms with Crippen molar-refractivity contribution < 1.29 is 9.13 Å². The molecule has 5 rings (SSSR count). The molecule has 7 heteroatoms. The van der Waals surface area contributed by atoms with Gasteiger partial charge in [0.25, 0.3) is 0 Å². The van der Waals surface area contributed by atoms with Crippen LogP contribution in [0.25, 0.3) is 11.2 Å². The highest BCUT2D eigenvalue weighted by atomic mass is 19.1. The highest BCUT2D eigenvalue weighted by Crippen LogP contribution is 2.23. The Bertz CT molecular complexity index is 1210. The van der Waals surface area contributed by atoms with Crippen LogP contribution in [0, 0.1) is 5.82 Å². The van der Waals surface area contributed by atoms with Gasteiger partial charge in [-0.2, -0.15) is 4.98 Å². The number of halogens is 1. The third-order valence-electron chi connectivity index (χ3n) is 6.57. The SMILES string of the molecule is COc1ccc(CCN2CCC(Nc3nc4ncccc4n3Cc3ccc(F)cc3)CC2)cc1. The van der Waals surface area contributed by atoms with Crippen molar-refractivity contribution in [3.8, 4) is 5.75 Å². The van der Waals surface area contributed by atoms with Crippen LogP contribution in [0.2, 0.25) is 0 Å². The largest absolute Gasteiger partial charge is 0.497 e. The van der Waals surface area contributed by atoms with Crippen LogP contribution in [-0.2, 0) is 13.0 Å². The summed E-state index contributed by atoms with van der Waals surface area (Å²) in [6.07, 6.45) is 4.94. The van der Waals surface area contributed by atoms with E-state index < -0.39 is 0 Å². The summed E-state index contributed by atoms with van der Waals surface area (Å²) in [5.74, 6) is 1.50. The summed E-state index contributed by atoms with van der Waals surface area (Å²) in [6.45, 7) is 3.80. The molecule has 0 amide bonds. The third-order valence-corrected chi connectivity index (χ3v) is 6.57. The molecular weight excluding hydrogens is 429 g/mol. The number of methoxy groups -OCH3 is 1. The van der Waals surface area contributed by atoms with E-state index in [0.717, 1.165) is 67.3 Å². The molecule has 0 unspecified atom stereocenters. The predicted molar refractivity (Wildman–Crippen MR) is 133 cm³/mol. The Hall–Kier alpha value is -3.45. The fourth-order valence-corrected chi connectivity index (χ4v) is 4.57. The number of piperidine rings is 1. The molecule has 0 aliphatic carbocycles. The van der Waals surface area contributed by atoms with Gasteiger partial charge in [0.2, 0.25) is 5.95 Å². The first-order chi connectivity index (χ1) is 16.7. The smallest absolute Gasteiger partial charge is 0.205 e. The van der Waals surface area contributed by atoms with Crippen molar-refractivity contribution in [2.75, 3.05) is 32.1 Å². The molecule has 4 aromatic rings. The van der Waals surface area contributed by atoms with Crippen LogP contribution in [0.15, 0.2) is 66.9 Å². The molecule has 1 saturated heterocycles. The highest BCUT2D eigenvalue weighted by Gasteiger charge is 2.21. The summed E-state index contributed by atoms with van der Waals surface area (Å²) in [7, 11) is 1.70. The Kier molecular flexibility index (Phi) is 6.72. The second kappa shape index (κ2) is 10.2. The number of nitrogens with zero attached hydrogens (tertiary/aromatic N) is 4. The summed E-state index contributed by atoms with van der Waals surface area (Å²) in [5.41, 5.74) is 4.07. The topological polar surface area (TPSA) is 55.2 Å². The average Bonchev–Trinajstić information content (AvgIpc) is 3.22. The molecule has 176 valence electrons. The number of nitrogens with one attached hydrogen (secondary N) is 1. The van der Waals surface area contributed by atoms with E-state index in [2.05, 4.69) is 31.9 Å². The van der Waals surface area contributed by atoms with E-state index in [0.29, 0.717) is 12.6 Å². The monoisotopic (exact) mass is 459 g/mol. The molecule has 0 atom stereocenters. The van der Waals surface area contributed by atoms with Gasteiger partial charge in [-0.1, -0.05) is 24.3 Å². The van der Waals surface area contributed by atoms with Gasteiger partial charge in [-0.05, 0) is 66.8 Å². The first kappa shape index (κ1) is 22.3. The van der Waals surface area contributed by atoms with Gasteiger partial charge in [-0.25, -0.2) is 9.37 Å². The lowest BCUT2D eigenvalue weighted by Gasteiger charge is -2.32. The lowest BCUT2D eigenvalue weighted by Crippen LogP contribution is -2.40. The van der Waals surface area contributed by atoms with Crippen molar-refractivity contribution in [1.82, 2.24) is 19.4 Å². The van der Waals surface area contributed by atoms with E-state index in [9.17, 15) is 4.39 Å². The van der Waals surface area contributed by atoms with Crippen LogP contribution in [0.1, 0.15) is 24.0 Å². The normalized spacial score (nSPS) is 15.0. The molecule has 0 radical (unpaired) electrons. The number of likely N-dealkylation sites (tertiary alicyclic amines) is 1. The number of aromatic nitrogens is 3. The Balaban J connectivity index is 1.21. The number of anilines is 1. The lowest BCUT2D eigenvalue weighted by molar-refractivity contribution is 0.221. The van der Waals surface area contributed by atoms with Gasteiger partial charge >= 0.3 is 0 Å². The molecule has 1 aliphatic heterocycles. The van der Waals surface area contributed by atoms with E-state index in [4.69, 9.17) is 9.72 Å². The summed E-state index contributed by atoms with van der Waals surface area (Å²) < 4.78 is 20.8. The number of fused-ring (bicyclic) bond motifs is 1. The standard InChI is InChI=1S/C27H30FN5O/c1-34-24-10-6-20(7-11-24)12-16-32-17-13-23(14-18-32)30-27-31-26-25(3-2-15-29-26)33(27)19-21-4-8-22(28)9-5-21/h2-11,15,23H,12-14,16-19H2,1H3,(H,29,30,31). The summed E-state index contributed by atoms with van der Waals surface area (Å²) >= 11 is 0. The van der Waals surface area contributed by atoms with Gasteiger partial charge in [0.1, 0.15) is 11.6 Å². The van der Waals surface area contributed by atoms with E-state index in [-0.39, 0.29) is 5.82 Å². The first-order valence-corrected chi connectivity index (χ1v) is 11.9. The number of pyridine rings is 1. The Labute approximate surface area is 199 Å². The first-order valence-electron chi connectivity index (χ1n) is 11.9. The quantitative estimate of drug-likeness (QED) is 0.412. The van der Waals surface area contributed by atoms with Crippen molar-refractivity contribution in [3.63, 3.8) is 0 Å². The second-order valence-electron chi connectivity index (χ2n) is 8.85. The second-order valence-corrected chi connectivity index (χ2v) is 8.85. The Morgan fingerprint density at radius 3 is 2.47 bits per heavy atom. The zero-order chi connectivity index (χ0) is 23.3. The molecule has 34 heavy (non-hydrogen) atoms. The van der Waals surface area contributed by atoms with E-state index in [1.165, 1.54) is 17.7 Å². The molecule has 0 saturated carbocycles. The number of hydrogen-bond donors (Lipinski definition) is 1. The molecule has 1 N–H and O–H groups in total. The molecule has 2 aromatic heterocycles. The molecule has 0 bridgehead atoms.